The summed E-state index contributed by atoms with van der Waals surface area (Å²) < 4.78 is 2.91. The molecule has 1 aliphatic rings. The van der Waals surface area contributed by atoms with Crippen LogP contribution in [0.15, 0.2) is 0 Å². The number of hydrogen-bond donors (Lipinski definition) is 1. The lowest BCUT2D eigenvalue weighted by Crippen LogP contribution is -2.34. The van der Waals surface area contributed by atoms with Crippen LogP contribution in [0.25, 0.3) is 0 Å². The molecule has 1 heterocycles. The van der Waals surface area contributed by atoms with Crippen LogP contribution in [-0.4, -0.2) is 29.5 Å². The van der Waals surface area contributed by atoms with E-state index < -0.39 is 9.76 Å². The van der Waals surface area contributed by atoms with Gasteiger partial charge in [0.1, 0.15) is 0 Å². The number of piperidine rings is 1. The standard InChI is InChI=1S/C8H12Cl3NO2/c9-8(10,11)7(13)14-5-6-2-1-3-12-4-6/h6,12H,1-5H2. The van der Waals surface area contributed by atoms with E-state index in [-0.39, 0.29) is 0 Å². The van der Waals surface area contributed by atoms with E-state index in [1.807, 2.05) is 0 Å². The lowest BCUT2D eigenvalue weighted by Gasteiger charge is -2.22. The van der Waals surface area contributed by atoms with Crippen LogP contribution in [0.5, 0.6) is 0 Å². The molecule has 1 atom stereocenters. The smallest absolute Gasteiger partial charge is 0.358 e. The predicted molar refractivity (Wildman–Crippen MR) is 56.8 cm³/mol. The first-order chi connectivity index (χ1) is 6.50. The van der Waals surface area contributed by atoms with Crippen LogP contribution in [0.4, 0.5) is 0 Å². The lowest BCUT2D eigenvalue weighted by atomic mass is 10.0. The number of carbonyl (C=O) groups is 1. The quantitative estimate of drug-likeness (QED) is 0.609. The lowest BCUT2D eigenvalue weighted by molar-refractivity contribution is -0.144. The van der Waals surface area contributed by atoms with E-state index in [0.717, 1.165) is 25.9 Å². The third kappa shape index (κ3) is 4.22. The Morgan fingerprint density at radius 2 is 2.21 bits per heavy atom. The van der Waals surface area contributed by atoms with Crippen molar-refractivity contribution in [3.8, 4) is 0 Å². The highest BCUT2D eigenvalue weighted by Gasteiger charge is 2.33. The van der Waals surface area contributed by atoms with E-state index in [1.54, 1.807) is 0 Å². The molecule has 0 aromatic heterocycles. The van der Waals surface area contributed by atoms with E-state index >= 15 is 0 Å². The summed E-state index contributed by atoms with van der Waals surface area (Å²) in [7, 11) is 0. The highest BCUT2D eigenvalue weighted by molar-refractivity contribution is 6.75. The van der Waals surface area contributed by atoms with Crippen molar-refractivity contribution in [2.45, 2.75) is 16.6 Å². The van der Waals surface area contributed by atoms with Gasteiger partial charge in [0.2, 0.25) is 0 Å². The second-order valence-corrected chi connectivity index (χ2v) is 5.59. The Hall–Kier alpha value is 0.300. The summed E-state index contributed by atoms with van der Waals surface area (Å²) >= 11 is 16.0. The Morgan fingerprint density at radius 1 is 1.50 bits per heavy atom. The normalized spacial score (nSPS) is 23.2. The van der Waals surface area contributed by atoms with Crippen molar-refractivity contribution < 1.29 is 9.53 Å². The molecule has 1 unspecified atom stereocenters. The first-order valence-corrected chi connectivity index (χ1v) is 5.58. The number of ether oxygens (including phenoxy) is 1. The van der Waals surface area contributed by atoms with E-state index in [2.05, 4.69) is 5.32 Å². The van der Waals surface area contributed by atoms with Crippen molar-refractivity contribution in [2.24, 2.45) is 5.92 Å². The van der Waals surface area contributed by atoms with Crippen LogP contribution >= 0.6 is 34.8 Å². The zero-order valence-electron chi connectivity index (χ0n) is 7.56. The molecule has 1 rings (SSSR count). The third-order valence-electron chi connectivity index (χ3n) is 2.08. The Bertz CT molecular complexity index is 199. The third-order valence-corrected chi connectivity index (χ3v) is 2.54. The minimum absolute atomic E-state index is 0.319. The molecule has 0 aromatic carbocycles. The van der Waals surface area contributed by atoms with Gasteiger partial charge in [0.05, 0.1) is 6.61 Å². The van der Waals surface area contributed by atoms with Crippen LogP contribution in [0.3, 0.4) is 0 Å². The van der Waals surface area contributed by atoms with Gasteiger partial charge in [-0.25, -0.2) is 4.79 Å². The van der Waals surface area contributed by atoms with Crippen molar-refractivity contribution in [2.75, 3.05) is 19.7 Å². The molecule has 0 bridgehead atoms. The molecule has 82 valence electrons. The average Bonchev–Trinajstić information content (AvgIpc) is 2.14. The molecule has 0 amide bonds. The monoisotopic (exact) mass is 259 g/mol. The average molecular weight is 261 g/mol. The summed E-state index contributed by atoms with van der Waals surface area (Å²) in [4.78, 5) is 11.1. The zero-order valence-corrected chi connectivity index (χ0v) is 9.83. The molecule has 1 saturated heterocycles. The van der Waals surface area contributed by atoms with E-state index in [0.29, 0.717) is 12.5 Å². The van der Waals surface area contributed by atoms with Crippen LogP contribution in [0, 0.1) is 5.92 Å². The summed E-state index contributed by atoms with van der Waals surface area (Å²) in [6.45, 7) is 2.20. The molecular formula is C8H12Cl3NO2. The van der Waals surface area contributed by atoms with Gasteiger partial charge in [0.15, 0.2) is 0 Å². The molecule has 1 aliphatic heterocycles. The van der Waals surface area contributed by atoms with Crippen molar-refractivity contribution in [3.63, 3.8) is 0 Å². The summed E-state index contributed by atoms with van der Waals surface area (Å²) in [6, 6.07) is 0. The Balaban J connectivity index is 2.22. The largest absolute Gasteiger partial charge is 0.462 e. The second-order valence-electron chi connectivity index (χ2n) is 3.31. The summed E-state index contributed by atoms with van der Waals surface area (Å²) in [5.74, 6) is -0.465. The Kier molecular flexibility index (Phi) is 4.77. The Labute approximate surface area is 98.0 Å². The molecule has 1 N–H and O–H groups in total. The number of rotatable bonds is 2. The molecular weight excluding hydrogens is 248 g/mol. The van der Waals surface area contributed by atoms with Gasteiger partial charge in [-0.05, 0) is 19.4 Å². The maximum absolute atomic E-state index is 11.1. The minimum atomic E-state index is -1.96. The van der Waals surface area contributed by atoms with Crippen molar-refractivity contribution >= 4 is 40.8 Å². The molecule has 1 fully saturated rings. The summed E-state index contributed by atoms with van der Waals surface area (Å²) in [5, 5.41) is 3.21. The number of halogens is 3. The molecule has 0 aliphatic carbocycles. The second kappa shape index (κ2) is 5.40. The fourth-order valence-corrected chi connectivity index (χ4v) is 1.51. The number of carbonyl (C=O) groups excluding carboxylic acids is 1. The fraction of sp³-hybridized carbons (Fsp3) is 0.875. The van der Waals surface area contributed by atoms with Gasteiger partial charge in [-0.15, -0.1) is 0 Å². The Morgan fingerprint density at radius 3 is 2.71 bits per heavy atom. The summed E-state index contributed by atoms with van der Waals surface area (Å²) in [5.41, 5.74) is 0. The SMILES string of the molecule is O=C(OCC1CCCNC1)C(Cl)(Cl)Cl. The molecule has 14 heavy (non-hydrogen) atoms. The van der Waals surface area contributed by atoms with E-state index in [1.165, 1.54) is 0 Å². The van der Waals surface area contributed by atoms with Crippen LogP contribution < -0.4 is 5.32 Å². The topological polar surface area (TPSA) is 38.3 Å². The van der Waals surface area contributed by atoms with Crippen LogP contribution in [-0.2, 0) is 9.53 Å². The predicted octanol–water partition coefficient (Wildman–Crippen LogP) is 1.90. The fourth-order valence-electron chi connectivity index (χ4n) is 1.34. The van der Waals surface area contributed by atoms with Gasteiger partial charge in [-0.1, -0.05) is 34.8 Å². The first-order valence-electron chi connectivity index (χ1n) is 4.45. The molecule has 0 aromatic rings. The van der Waals surface area contributed by atoms with E-state index in [4.69, 9.17) is 39.5 Å². The van der Waals surface area contributed by atoms with Gasteiger partial charge in [-0.2, -0.15) is 0 Å². The molecule has 0 spiro atoms. The molecule has 0 saturated carbocycles. The van der Waals surface area contributed by atoms with Gasteiger partial charge >= 0.3 is 5.97 Å². The van der Waals surface area contributed by atoms with Gasteiger partial charge in [-0.3, -0.25) is 0 Å². The van der Waals surface area contributed by atoms with Gasteiger partial charge in [0, 0.05) is 12.5 Å². The highest BCUT2D eigenvalue weighted by Crippen LogP contribution is 2.27. The number of hydrogen-bond acceptors (Lipinski definition) is 3. The van der Waals surface area contributed by atoms with Crippen LogP contribution in [0.2, 0.25) is 0 Å². The van der Waals surface area contributed by atoms with Gasteiger partial charge < -0.3 is 10.1 Å². The number of alkyl halides is 3. The van der Waals surface area contributed by atoms with Gasteiger partial charge in [0.25, 0.3) is 3.79 Å². The number of nitrogens with one attached hydrogen (secondary N) is 1. The van der Waals surface area contributed by atoms with Crippen molar-refractivity contribution in [1.29, 1.82) is 0 Å². The highest BCUT2D eigenvalue weighted by atomic mass is 35.6. The van der Waals surface area contributed by atoms with Crippen molar-refractivity contribution in [3.05, 3.63) is 0 Å². The number of esters is 1. The van der Waals surface area contributed by atoms with Crippen LogP contribution in [0.1, 0.15) is 12.8 Å². The summed E-state index contributed by atoms with van der Waals surface area (Å²) in [6.07, 6.45) is 2.14. The van der Waals surface area contributed by atoms with E-state index in [9.17, 15) is 4.79 Å². The molecule has 6 heteroatoms. The maximum Gasteiger partial charge on any atom is 0.358 e. The first kappa shape index (κ1) is 12.4. The minimum Gasteiger partial charge on any atom is -0.462 e. The molecule has 0 radical (unpaired) electrons. The van der Waals surface area contributed by atoms with Crippen molar-refractivity contribution in [1.82, 2.24) is 5.32 Å². The zero-order chi connectivity index (χ0) is 10.6. The molecule has 3 nitrogen and oxygen atoms in total. The maximum atomic E-state index is 11.1.